The van der Waals surface area contributed by atoms with Crippen LogP contribution in [0.1, 0.15) is 55.7 Å². The second-order valence-corrected chi connectivity index (χ2v) is 8.13. The van der Waals surface area contributed by atoms with Gasteiger partial charge in [-0.15, -0.1) is 0 Å². The predicted octanol–water partition coefficient (Wildman–Crippen LogP) is 6.19. The van der Waals surface area contributed by atoms with E-state index in [1.54, 1.807) is 0 Å². The second-order valence-electron chi connectivity index (χ2n) is 7.22. The summed E-state index contributed by atoms with van der Waals surface area (Å²) in [6.07, 6.45) is 6.99. The van der Waals surface area contributed by atoms with Crippen LogP contribution in [0.5, 0.6) is 5.75 Å². The third-order valence-corrected chi connectivity index (χ3v) is 5.30. The minimum absolute atomic E-state index is 0.127. The van der Waals surface area contributed by atoms with Gasteiger partial charge in [0.2, 0.25) is 0 Å². The van der Waals surface area contributed by atoms with Crippen molar-refractivity contribution in [2.45, 2.75) is 58.3 Å². The molecule has 4 nitrogen and oxygen atoms in total. The van der Waals surface area contributed by atoms with Gasteiger partial charge >= 0.3 is 5.97 Å². The molecule has 0 bridgehead atoms. The zero-order chi connectivity index (χ0) is 21.6. The van der Waals surface area contributed by atoms with Crippen LogP contribution in [-0.4, -0.2) is 19.2 Å². The molecule has 2 rings (SSSR count). The molecule has 5 heteroatoms. The van der Waals surface area contributed by atoms with E-state index < -0.39 is 0 Å². The van der Waals surface area contributed by atoms with E-state index >= 15 is 0 Å². The van der Waals surface area contributed by atoms with Crippen molar-refractivity contribution < 1.29 is 14.3 Å². The molecule has 0 atom stereocenters. The number of hydrogen-bond acceptors (Lipinski definition) is 4. The molecule has 0 aliphatic heterocycles. The highest BCUT2D eigenvalue weighted by Gasteiger charge is 2.07. The Bertz CT molecular complexity index is 845. The van der Waals surface area contributed by atoms with Gasteiger partial charge in [0.15, 0.2) is 0 Å². The second kappa shape index (κ2) is 13.8. The summed E-state index contributed by atoms with van der Waals surface area (Å²) in [5.74, 6) is 0.683. The van der Waals surface area contributed by atoms with Gasteiger partial charge in [0.05, 0.1) is 25.7 Å². The van der Waals surface area contributed by atoms with Crippen molar-refractivity contribution in [3.05, 3.63) is 63.6 Å². The Hall–Kier alpha value is -2.32. The normalized spacial score (nSPS) is 10.4. The van der Waals surface area contributed by atoms with E-state index in [1.165, 1.54) is 11.1 Å². The van der Waals surface area contributed by atoms with Crippen LogP contribution >= 0.6 is 15.9 Å². The highest BCUT2D eigenvalue weighted by Crippen LogP contribution is 2.22. The number of aryl methyl sites for hydroxylation is 2. The monoisotopic (exact) mass is 471 g/mol. The summed E-state index contributed by atoms with van der Waals surface area (Å²) < 4.78 is 11.8. The lowest BCUT2D eigenvalue weighted by atomic mass is 9.98. The quantitative estimate of drug-likeness (QED) is 0.258. The van der Waals surface area contributed by atoms with E-state index in [0.29, 0.717) is 26.1 Å². The van der Waals surface area contributed by atoms with Crippen LogP contribution in [0.15, 0.2) is 46.9 Å². The van der Waals surface area contributed by atoms with Gasteiger partial charge in [-0.25, -0.2) is 0 Å². The fourth-order valence-corrected chi connectivity index (χ4v) is 3.89. The van der Waals surface area contributed by atoms with Crippen molar-refractivity contribution in [1.29, 1.82) is 5.26 Å². The molecule has 0 unspecified atom stereocenters. The zero-order valence-corrected chi connectivity index (χ0v) is 19.2. The summed E-state index contributed by atoms with van der Waals surface area (Å²) in [4.78, 5) is 11.6. The van der Waals surface area contributed by atoms with Crippen molar-refractivity contribution in [3.63, 3.8) is 0 Å². The lowest BCUT2D eigenvalue weighted by molar-refractivity contribution is -0.143. The summed E-state index contributed by atoms with van der Waals surface area (Å²) >= 11 is 3.47. The Morgan fingerprint density at radius 3 is 2.50 bits per heavy atom. The lowest BCUT2D eigenvalue weighted by Gasteiger charge is -2.10. The molecule has 0 fully saturated rings. The summed E-state index contributed by atoms with van der Waals surface area (Å²) in [7, 11) is 0. The first-order chi connectivity index (χ1) is 14.6. The van der Waals surface area contributed by atoms with Crippen LogP contribution in [0.4, 0.5) is 0 Å². The summed E-state index contributed by atoms with van der Waals surface area (Å²) in [6.45, 7) is 2.95. The number of unbranched alkanes of at least 4 members (excludes halogenated alkanes) is 3. The molecule has 2 aromatic rings. The van der Waals surface area contributed by atoms with Gasteiger partial charge in [-0.1, -0.05) is 53.0 Å². The number of carbonyl (C=O) groups is 1. The largest absolute Gasteiger partial charge is 0.494 e. The Morgan fingerprint density at radius 2 is 1.77 bits per heavy atom. The van der Waals surface area contributed by atoms with Gasteiger partial charge in [0, 0.05) is 10.9 Å². The minimum Gasteiger partial charge on any atom is -0.494 e. The lowest BCUT2D eigenvalue weighted by Crippen LogP contribution is -2.06. The van der Waals surface area contributed by atoms with E-state index in [9.17, 15) is 4.79 Å². The number of esters is 1. The van der Waals surface area contributed by atoms with Crippen molar-refractivity contribution in [2.75, 3.05) is 13.2 Å². The molecule has 0 heterocycles. The summed E-state index contributed by atoms with van der Waals surface area (Å²) in [6, 6.07) is 16.4. The Kier molecular flexibility index (Phi) is 11.0. The Labute approximate surface area is 188 Å². The third-order valence-electron chi connectivity index (χ3n) is 4.85. The van der Waals surface area contributed by atoms with Crippen LogP contribution in [0.25, 0.3) is 0 Å². The molecule has 30 heavy (non-hydrogen) atoms. The Balaban J connectivity index is 1.66. The average Bonchev–Trinajstić information content (AvgIpc) is 2.72. The maximum Gasteiger partial charge on any atom is 0.306 e. The zero-order valence-electron chi connectivity index (χ0n) is 17.7. The number of ether oxygens (including phenoxy) is 2. The van der Waals surface area contributed by atoms with Crippen LogP contribution in [0.3, 0.4) is 0 Å². The Morgan fingerprint density at radius 1 is 1.03 bits per heavy atom. The minimum atomic E-state index is -0.127. The first-order valence-electron chi connectivity index (χ1n) is 10.6. The number of rotatable bonds is 13. The number of carbonyl (C=O) groups excluding carboxylic acids is 1. The molecule has 0 amide bonds. The van der Waals surface area contributed by atoms with E-state index in [4.69, 9.17) is 14.7 Å². The smallest absolute Gasteiger partial charge is 0.306 e. The fourth-order valence-electron chi connectivity index (χ4n) is 3.37. The van der Waals surface area contributed by atoms with Gasteiger partial charge in [-0.05, 0) is 67.5 Å². The molecule has 0 N–H and O–H groups in total. The molecule has 160 valence electrons. The van der Waals surface area contributed by atoms with Gasteiger partial charge < -0.3 is 9.47 Å². The highest BCUT2D eigenvalue weighted by atomic mass is 79.9. The van der Waals surface area contributed by atoms with Gasteiger partial charge in [0.25, 0.3) is 0 Å². The topological polar surface area (TPSA) is 59.3 Å². The van der Waals surface area contributed by atoms with E-state index in [0.717, 1.165) is 54.3 Å². The summed E-state index contributed by atoms with van der Waals surface area (Å²) in [5, 5.41) is 8.85. The van der Waals surface area contributed by atoms with E-state index in [-0.39, 0.29) is 5.97 Å². The van der Waals surface area contributed by atoms with E-state index in [2.05, 4.69) is 40.2 Å². The van der Waals surface area contributed by atoms with Crippen molar-refractivity contribution in [2.24, 2.45) is 0 Å². The van der Waals surface area contributed by atoms with Gasteiger partial charge in [-0.3, -0.25) is 4.79 Å². The number of benzene rings is 2. The number of halogens is 1. The molecule has 0 saturated heterocycles. The third kappa shape index (κ3) is 9.00. The SMILES string of the molecule is CCOC(=O)CCc1ccccc1CCCCCCOc1cc(Br)cc(CC#N)c1. The van der Waals surface area contributed by atoms with Crippen LogP contribution in [0, 0.1) is 11.3 Å². The molecular formula is C25H30BrNO3. The average molecular weight is 472 g/mol. The molecule has 0 spiro atoms. The maximum atomic E-state index is 11.6. The number of hydrogen-bond donors (Lipinski definition) is 0. The van der Waals surface area contributed by atoms with Gasteiger partial charge in [-0.2, -0.15) is 5.26 Å². The molecule has 0 radical (unpaired) electrons. The predicted molar refractivity (Wildman–Crippen MR) is 123 cm³/mol. The molecule has 0 aromatic heterocycles. The number of nitriles is 1. The van der Waals surface area contributed by atoms with Crippen LogP contribution in [-0.2, 0) is 28.8 Å². The molecule has 2 aromatic carbocycles. The van der Waals surface area contributed by atoms with Crippen molar-refractivity contribution >= 4 is 21.9 Å². The first kappa shape index (κ1) is 24.0. The van der Waals surface area contributed by atoms with Crippen molar-refractivity contribution in [3.8, 4) is 11.8 Å². The fraction of sp³-hybridized carbons (Fsp3) is 0.440. The maximum absolute atomic E-state index is 11.6. The van der Waals surface area contributed by atoms with E-state index in [1.807, 2.05) is 31.2 Å². The highest BCUT2D eigenvalue weighted by molar-refractivity contribution is 9.10. The van der Waals surface area contributed by atoms with Gasteiger partial charge in [0.1, 0.15) is 5.75 Å². The molecule has 0 aliphatic carbocycles. The molecule has 0 saturated carbocycles. The van der Waals surface area contributed by atoms with Crippen LogP contribution in [0.2, 0.25) is 0 Å². The molecular weight excluding hydrogens is 442 g/mol. The first-order valence-corrected chi connectivity index (χ1v) is 11.4. The molecule has 0 aliphatic rings. The van der Waals surface area contributed by atoms with Crippen molar-refractivity contribution in [1.82, 2.24) is 0 Å². The van der Waals surface area contributed by atoms with Crippen LogP contribution < -0.4 is 4.74 Å². The standard InChI is InChI=1S/C25H30BrNO3/c1-2-29-25(28)13-12-22-11-7-6-10-21(22)9-5-3-4-8-16-30-24-18-20(14-15-27)17-23(26)19-24/h6-7,10-11,17-19H,2-5,8-9,12-14,16H2,1H3. The number of nitrogens with zero attached hydrogens (tertiary/aromatic N) is 1. The summed E-state index contributed by atoms with van der Waals surface area (Å²) in [5.41, 5.74) is 3.54.